The lowest BCUT2D eigenvalue weighted by Crippen LogP contribution is -2.31. The minimum Gasteiger partial charge on any atom is -0.385 e. The van der Waals surface area contributed by atoms with Gasteiger partial charge < -0.3 is 10.1 Å². The number of hydrogen-bond donors (Lipinski definition) is 1. The van der Waals surface area contributed by atoms with Crippen LogP contribution < -0.4 is 5.32 Å². The van der Waals surface area contributed by atoms with Gasteiger partial charge >= 0.3 is 6.18 Å². The van der Waals surface area contributed by atoms with Crippen molar-refractivity contribution in [2.75, 3.05) is 13.7 Å². The molecule has 0 saturated carbocycles. The van der Waals surface area contributed by atoms with Gasteiger partial charge in [0, 0.05) is 25.8 Å². The van der Waals surface area contributed by atoms with Crippen LogP contribution in [0.5, 0.6) is 0 Å². The van der Waals surface area contributed by atoms with Gasteiger partial charge in [-0.2, -0.15) is 13.2 Å². The number of methoxy groups -OCH3 is 1. The third-order valence-corrected chi connectivity index (χ3v) is 3.02. The van der Waals surface area contributed by atoms with Crippen LogP contribution in [-0.4, -0.2) is 19.8 Å². The van der Waals surface area contributed by atoms with Gasteiger partial charge in [0.05, 0.1) is 5.56 Å². The molecule has 0 radical (unpaired) electrons. The zero-order chi connectivity index (χ0) is 14.5. The first-order valence-corrected chi connectivity index (χ1v) is 6.27. The van der Waals surface area contributed by atoms with Crippen molar-refractivity contribution < 1.29 is 17.9 Å². The van der Waals surface area contributed by atoms with E-state index >= 15 is 0 Å². The Labute approximate surface area is 112 Å². The molecule has 2 atom stereocenters. The summed E-state index contributed by atoms with van der Waals surface area (Å²) in [7, 11) is 1.61. The molecule has 2 nitrogen and oxygen atoms in total. The summed E-state index contributed by atoms with van der Waals surface area (Å²) in [5.41, 5.74) is -0.298. The monoisotopic (exact) mass is 275 g/mol. The predicted octanol–water partition coefficient (Wildman–Crippen LogP) is 3.78. The van der Waals surface area contributed by atoms with Gasteiger partial charge in [-0.3, -0.25) is 0 Å². The van der Waals surface area contributed by atoms with Crippen LogP contribution in [0, 0.1) is 0 Å². The fourth-order valence-electron chi connectivity index (χ4n) is 2.03. The zero-order valence-electron chi connectivity index (χ0n) is 11.4. The molecule has 0 bridgehead atoms. The Bertz CT molecular complexity index is 393. The molecule has 0 aromatic heterocycles. The van der Waals surface area contributed by atoms with Crippen molar-refractivity contribution in [2.45, 2.75) is 38.5 Å². The van der Waals surface area contributed by atoms with Crippen molar-refractivity contribution in [3.63, 3.8) is 0 Å². The van der Waals surface area contributed by atoms with Gasteiger partial charge in [-0.15, -0.1) is 0 Å². The molecule has 2 unspecified atom stereocenters. The zero-order valence-corrected chi connectivity index (χ0v) is 11.4. The van der Waals surface area contributed by atoms with Crippen molar-refractivity contribution in [3.05, 3.63) is 35.4 Å². The first-order valence-electron chi connectivity index (χ1n) is 6.27. The standard InChI is InChI=1S/C14H20F3NO/c1-10(8-9-19-3)18-11(2)12-6-4-5-7-13(12)14(15,16)17/h4-7,10-11,18H,8-9H2,1-3H3. The number of rotatable bonds is 6. The average molecular weight is 275 g/mol. The highest BCUT2D eigenvalue weighted by Crippen LogP contribution is 2.34. The maximum Gasteiger partial charge on any atom is 0.416 e. The first kappa shape index (κ1) is 16.0. The van der Waals surface area contributed by atoms with E-state index in [2.05, 4.69) is 5.32 Å². The summed E-state index contributed by atoms with van der Waals surface area (Å²) < 4.78 is 43.7. The van der Waals surface area contributed by atoms with Gasteiger partial charge in [-0.05, 0) is 31.9 Å². The minimum absolute atomic E-state index is 0.0937. The van der Waals surface area contributed by atoms with Gasteiger partial charge in [0.2, 0.25) is 0 Å². The smallest absolute Gasteiger partial charge is 0.385 e. The summed E-state index contributed by atoms with van der Waals surface area (Å²) in [4.78, 5) is 0. The van der Waals surface area contributed by atoms with E-state index in [1.54, 1.807) is 20.1 Å². The summed E-state index contributed by atoms with van der Waals surface area (Å²) in [6.07, 6.45) is -3.56. The van der Waals surface area contributed by atoms with Crippen LogP contribution >= 0.6 is 0 Å². The van der Waals surface area contributed by atoms with Crippen LogP contribution in [0.15, 0.2) is 24.3 Å². The topological polar surface area (TPSA) is 21.3 Å². The largest absolute Gasteiger partial charge is 0.416 e. The molecule has 0 aliphatic heterocycles. The van der Waals surface area contributed by atoms with Crippen molar-refractivity contribution in [2.24, 2.45) is 0 Å². The van der Waals surface area contributed by atoms with Gasteiger partial charge in [0.15, 0.2) is 0 Å². The van der Waals surface area contributed by atoms with Crippen LogP contribution in [-0.2, 0) is 10.9 Å². The number of nitrogens with one attached hydrogen (secondary N) is 1. The minimum atomic E-state index is -4.32. The maximum atomic E-state index is 12.9. The van der Waals surface area contributed by atoms with E-state index in [1.807, 2.05) is 6.92 Å². The van der Waals surface area contributed by atoms with Crippen LogP contribution in [0.1, 0.15) is 37.4 Å². The molecule has 0 fully saturated rings. The molecule has 0 heterocycles. The van der Waals surface area contributed by atoms with E-state index in [9.17, 15) is 13.2 Å². The van der Waals surface area contributed by atoms with E-state index in [4.69, 9.17) is 4.74 Å². The fourth-order valence-corrected chi connectivity index (χ4v) is 2.03. The molecule has 1 N–H and O–H groups in total. The Balaban J connectivity index is 2.79. The van der Waals surface area contributed by atoms with Crippen molar-refractivity contribution in [3.8, 4) is 0 Å². The summed E-state index contributed by atoms with van der Waals surface area (Å²) >= 11 is 0. The third-order valence-electron chi connectivity index (χ3n) is 3.02. The van der Waals surface area contributed by atoms with Crippen LogP contribution in [0.2, 0.25) is 0 Å². The van der Waals surface area contributed by atoms with Gasteiger partial charge in [0.25, 0.3) is 0 Å². The fraction of sp³-hybridized carbons (Fsp3) is 0.571. The van der Waals surface area contributed by atoms with Crippen LogP contribution in [0.3, 0.4) is 0 Å². The second-order valence-electron chi connectivity index (χ2n) is 4.66. The number of hydrogen-bond acceptors (Lipinski definition) is 2. The van der Waals surface area contributed by atoms with Crippen molar-refractivity contribution in [1.82, 2.24) is 5.32 Å². The van der Waals surface area contributed by atoms with Crippen LogP contribution in [0.25, 0.3) is 0 Å². The molecule has 0 aliphatic carbocycles. The molecule has 0 saturated heterocycles. The Morgan fingerprint density at radius 2 is 1.84 bits per heavy atom. The van der Waals surface area contributed by atoms with E-state index in [-0.39, 0.29) is 17.6 Å². The van der Waals surface area contributed by atoms with Crippen molar-refractivity contribution in [1.29, 1.82) is 0 Å². The summed E-state index contributed by atoms with van der Waals surface area (Å²) in [5.74, 6) is 0. The van der Waals surface area contributed by atoms with Gasteiger partial charge in [0.1, 0.15) is 0 Å². The number of halogens is 3. The average Bonchev–Trinajstić information content (AvgIpc) is 2.35. The highest BCUT2D eigenvalue weighted by Gasteiger charge is 2.34. The Kier molecular flexibility index (Phi) is 5.82. The summed E-state index contributed by atoms with van der Waals surface area (Å²) in [5, 5.41) is 3.16. The van der Waals surface area contributed by atoms with Gasteiger partial charge in [-0.1, -0.05) is 18.2 Å². The molecule has 1 rings (SSSR count). The first-order chi connectivity index (χ1) is 8.86. The molecular weight excluding hydrogens is 255 g/mol. The summed E-state index contributed by atoms with van der Waals surface area (Å²) in [6, 6.07) is 5.41. The second kappa shape index (κ2) is 6.91. The number of ether oxygens (including phenoxy) is 1. The summed E-state index contributed by atoms with van der Waals surface area (Å²) in [6.45, 7) is 4.27. The predicted molar refractivity (Wildman–Crippen MR) is 68.9 cm³/mol. The Morgan fingerprint density at radius 1 is 1.21 bits per heavy atom. The lowest BCUT2D eigenvalue weighted by molar-refractivity contribution is -0.138. The highest BCUT2D eigenvalue weighted by molar-refractivity contribution is 5.32. The van der Waals surface area contributed by atoms with Gasteiger partial charge in [-0.25, -0.2) is 0 Å². The molecule has 0 aliphatic rings. The molecule has 1 aromatic rings. The molecule has 5 heteroatoms. The quantitative estimate of drug-likeness (QED) is 0.853. The Hall–Kier alpha value is -1.07. The molecule has 108 valence electrons. The normalized spacial score (nSPS) is 15.3. The van der Waals surface area contributed by atoms with E-state index < -0.39 is 11.7 Å². The lowest BCUT2D eigenvalue weighted by Gasteiger charge is -2.23. The highest BCUT2D eigenvalue weighted by atomic mass is 19.4. The molecule has 19 heavy (non-hydrogen) atoms. The van der Waals surface area contributed by atoms with Crippen LogP contribution in [0.4, 0.5) is 13.2 Å². The second-order valence-corrected chi connectivity index (χ2v) is 4.66. The Morgan fingerprint density at radius 3 is 2.42 bits per heavy atom. The SMILES string of the molecule is COCCC(C)NC(C)c1ccccc1C(F)(F)F. The van der Waals surface area contributed by atoms with Crippen molar-refractivity contribution >= 4 is 0 Å². The van der Waals surface area contributed by atoms with E-state index in [1.165, 1.54) is 12.1 Å². The molecular formula is C14H20F3NO. The molecule has 1 aromatic carbocycles. The number of alkyl halides is 3. The molecule has 0 spiro atoms. The maximum absolute atomic E-state index is 12.9. The van der Waals surface area contributed by atoms with E-state index in [0.717, 1.165) is 12.5 Å². The lowest BCUT2D eigenvalue weighted by atomic mass is 10.00. The third kappa shape index (κ3) is 4.84. The number of benzene rings is 1. The molecule has 0 amide bonds. The van der Waals surface area contributed by atoms with E-state index in [0.29, 0.717) is 6.61 Å².